The molecule has 2 aromatic heterocycles. The molecular weight excluding hydrogens is 456 g/mol. The van der Waals surface area contributed by atoms with Gasteiger partial charge in [0.2, 0.25) is 0 Å². The SMILES string of the molecule is CC(C)(C)c1[nH]n(-c2c(Cl)cc(C(F)(F)F)cc2Cl)c(=O)c1-c1nc(C#N)c(C#N)[nH]1. The van der Waals surface area contributed by atoms with Crippen LogP contribution in [0, 0.1) is 22.7 Å². The van der Waals surface area contributed by atoms with Crippen molar-refractivity contribution in [2.45, 2.75) is 32.4 Å². The van der Waals surface area contributed by atoms with Gasteiger partial charge >= 0.3 is 6.18 Å². The van der Waals surface area contributed by atoms with Crippen LogP contribution in [-0.2, 0) is 11.6 Å². The first kappa shape index (κ1) is 22.5. The molecule has 0 amide bonds. The van der Waals surface area contributed by atoms with E-state index in [4.69, 9.17) is 33.7 Å². The van der Waals surface area contributed by atoms with Gasteiger partial charge in [0.25, 0.3) is 5.56 Å². The van der Waals surface area contributed by atoms with Crippen molar-refractivity contribution in [2.75, 3.05) is 0 Å². The Hall–Kier alpha value is -3.21. The van der Waals surface area contributed by atoms with Gasteiger partial charge < -0.3 is 4.98 Å². The Bertz CT molecular complexity index is 1270. The number of hydrogen-bond acceptors (Lipinski definition) is 4. The summed E-state index contributed by atoms with van der Waals surface area (Å²) in [5, 5.41) is 20.4. The highest BCUT2D eigenvalue weighted by Crippen LogP contribution is 2.38. The van der Waals surface area contributed by atoms with Crippen molar-refractivity contribution < 1.29 is 13.2 Å². The van der Waals surface area contributed by atoms with E-state index >= 15 is 0 Å². The lowest BCUT2D eigenvalue weighted by Gasteiger charge is -2.18. The highest BCUT2D eigenvalue weighted by atomic mass is 35.5. The third-order valence-corrected chi connectivity index (χ3v) is 4.94. The number of aromatic nitrogens is 4. The summed E-state index contributed by atoms with van der Waals surface area (Å²) in [6.07, 6.45) is -4.68. The molecule has 0 saturated heterocycles. The molecule has 3 aromatic rings. The molecule has 2 N–H and O–H groups in total. The van der Waals surface area contributed by atoms with Gasteiger partial charge in [-0.1, -0.05) is 44.0 Å². The predicted octanol–water partition coefficient (Wildman–Crippen LogP) is 4.92. The van der Waals surface area contributed by atoms with Crippen LogP contribution in [0.1, 0.15) is 43.4 Å². The van der Waals surface area contributed by atoms with Crippen LogP contribution < -0.4 is 5.56 Å². The lowest BCUT2D eigenvalue weighted by atomic mass is 9.89. The summed E-state index contributed by atoms with van der Waals surface area (Å²) >= 11 is 12.1. The fourth-order valence-corrected chi connectivity index (χ4v) is 3.61. The molecule has 0 fully saturated rings. The van der Waals surface area contributed by atoms with Gasteiger partial charge in [-0.05, 0) is 12.1 Å². The van der Waals surface area contributed by atoms with Crippen molar-refractivity contribution in [1.82, 2.24) is 19.7 Å². The molecule has 3 rings (SSSR count). The zero-order valence-electron chi connectivity index (χ0n) is 16.2. The van der Waals surface area contributed by atoms with Gasteiger partial charge in [-0.3, -0.25) is 9.89 Å². The van der Waals surface area contributed by atoms with Gasteiger partial charge in [-0.25, -0.2) is 9.67 Å². The Morgan fingerprint density at radius 2 is 1.68 bits per heavy atom. The Morgan fingerprint density at radius 3 is 2.10 bits per heavy atom. The Kier molecular flexibility index (Phi) is 5.43. The van der Waals surface area contributed by atoms with Crippen molar-refractivity contribution in [1.29, 1.82) is 10.5 Å². The lowest BCUT2D eigenvalue weighted by molar-refractivity contribution is -0.137. The maximum absolute atomic E-state index is 13.3. The highest BCUT2D eigenvalue weighted by molar-refractivity contribution is 6.37. The van der Waals surface area contributed by atoms with Crippen LogP contribution in [0.2, 0.25) is 10.0 Å². The maximum atomic E-state index is 13.3. The van der Waals surface area contributed by atoms with Crippen molar-refractivity contribution >= 4 is 23.2 Å². The number of aromatic amines is 2. The third kappa shape index (κ3) is 3.92. The molecule has 31 heavy (non-hydrogen) atoms. The number of rotatable bonds is 2. The van der Waals surface area contributed by atoms with Gasteiger partial charge in [-0.15, -0.1) is 0 Å². The molecule has 12 heteroatoms. The van der Waals surface area contributed by atoms with E-state index < -0.39 is 32.8 Å². The maximum Gasteiger partial charge on any atom is 0.416 e. The molecule has 0 aliphatic carbocycles. The van der Waals surface area contributed by atoms with E-state index in [-0.39, 0.29) is 28.5 Å². The first-order valence-electron chi connectivity index (χ1n) is 8.62. The largest absolute Gasteiger partial charge is 0.416 e. The van der Waals surface area contributed by atoms with Crippen LogP contribution in [0.3, 0.4) is 0 Å². The number of hydrogen-bond donors (Lipinski definition) is 2. The monoisotopic (exact) mass is 468 g/mol. The first-order valence-corrected chi connectivity index (χ1v) is 9.37. The number of halogens is 5. The van der Waals surface area contributed by atoms with E-state index in [2.05, 4.69) is 15.1 Å². The Labute approximate surface area is 183 Å². The van der Waals surface area contributed by atoms with Crippen molar-refractivity contribution in [3.63, 3.8) is 0 Å². The van der Waals surface area contributed by atoms with Gasteiger partial charge in [0, 0.05) is 5.41 Å². The fraction of sp³-hybridized carbons (Fsp3) is 0.263. The average Bonchev–Trinajstić information content (AvgIpc) is 3.21. The predicted molar refractivity (Wildman–Crippen MR) is 107 cm³/mol. The number of H-pyrrole nitrogens is 2. The fourth-order valence-electron chi connectivity index (χ4n) is 2.95. The van der Waals surface area contributed by atoms with Gasteiger partial charge in [-0.2, -0.15) is 23.7 Å². The zero-order valence-corrected chi connectivity index (χ0v) is 17.8. The van der Waals surface area contributed by atoms with Gasteiger partial charge in [0.15, 0.2) is 11.4 Å². The molecule has 0 unspecified atom stereocenters. The van der Waals surface area contributed by atoms with Gasteiger partial charge in [0.05, 0.1) is 21.3 Å². The minimum atomic E-state index is -4.68. The van der Waals surface area contributed by atoms with Crippen LogP contribution in [0.5, 0.6) is 0 Å². The number of benzene rings is 1. The van der Waals surface area contributed by atoms with Crippen LogP contribution in [0.4, 0.5) is 13.2 Å². The molecular formula is C19H13Cl2F3N6O. The van der Waals surface area contributed by atoms with Crippen LogP contribution in [0.25, 0.3) is 17.1 Å². The molecule has 0 aliphatic rings. The lowest BCUT2D eigenvalue weighted by Crippen LogP contribution is -2.17. The highest BCUT2D eigenvalue weighted by Gasteiger charge is 2.34. The molecule has 160 valence electrons. The van der Waals surface area contributed by atoms with Crippen molar-refractivity contribution in [3.05, 3.63) is 55.2 Å². The van der Waals surface area contributed by atoms with Crippen LogP contribution in [-0.4, -0.2) is 19.7 Å². The minimum Gasteiger partial charge on any atom is -0.328 e. The minimum absolute atomic E-state index is 0.00229. The second-order valence-electron chi connectivity index (χ2n) is 7.57. The van der Waals surface area contributed by atoms with Crippen molar-refractivity contribution in [3.8, 4) is 29.2 Å². The first-order chi connectivity index (χ1) is 14.3. The summed E-state index contributed by atoms with van der Waals surface area (Å²) in [5.41, 5.74) is -2.63. The smallest absolute Gasteiger partial charge is 0.328 e. The Balaban J connectivity index is 2.34. The molecule has 0 radical (unpaired) electrons. The summed E-state index contributed by atoms with van der Waals surface area (Å²) in [7, 11) is 0. The molecule has 0 atom stereocenters. The normalized spacial score (nSPS) is 11.9. The van der Waals surface area contributed by atoms with E-state index in [0.29, 0.717) is 17.8 Å². The molecule has 0 aliphatic heterocycles. The second-order valence-corrected chi connectivity index (χ2v) is 8.39. The zero-order chi connectivity index (χ0) is 23.3. The summed E-state index contributed by atoms with van der Waals surface area (Å²) in [6.45, 7) is 5.34. The number of alkyl halides is 3. The second kappa shape index (κ2) is 7.49. The molecule has 2 heterocycles. The summed E-state index contributed by atoms with van der Waals surface area (Å²) < 4.78 is 40.1. The van der Waals surface area contributed by atoms with Gasteiger partial charge in [0.1, 0.15) is 29.2 Å². The number of nitriles is 2. The van der Waals surface area contributed by atoms with E-state index in [1.54, 1.807) is 32.9 Å². The average molecular weight is 469 g/mol. The van der Waals surface area contributed by atoms with E-state index in [0.717, 1.165) is 4.68 Å². The van der Waals surface area contributed by atoms with E-state index in [1.807, 2.05) is 0 Å². The molecule has 0 saturated carbocycles. The van der Waals surface area contributed by atoms with E-state index in [1.165, 1.54) is 0 Å². The third-order valence-electron chi connectivity index (χ3n) is 4.37. The number of nitrogens with one attached hydrogen (secondary N) is 2. The molecule has 7 nitrogen and oxygen atoms in total. The Morgan fingerprint density at radius 1 is 1.10 bits per heavy atom. The standard InChI is InChI=1S/C19H13Cl2F3N6O/c1-18(2,3)15-13(16-27-11(6-25)12(7-26)28-16)17(31)30(29-15)14-9(20)4-8(5-10(14)21)19(22,23)24/h4-5,29H,1-3H3,(H,27,28). The number of imidazole rings is 1. The molecule has 1 aromatic carbocycles. The van der Waals surface area contributed by atoms with Crippen molar-refractivity contribution in [2.24, 2.45) is 0 Å². The summed E-state index contributed by atoms with van der Waals surface area (Å²) in [6, 6.07) is 4.88. The topological polar surface area (TPSA) is 114 Å². The summed E-state index contributed by atoms with van der Waals surface area (Å²) in [5.74, 6) is -0.0443. The number of nitrogens with zero attached hydrogens (tertiary/aromatic N) is 4. The summed E-state index contributed by atoms with van der Waals surface area (Å²) in [4.78, 5) is 19.9. The molecule has 0 spiro atoms. The van der Waals surface area contributed by atoms with Crippen LogP contribution >= 0.6 is 23.2 Å². The van der Waals surface area contributed by atoms with Crippen LogP contribution in [0.15, 0.2) is 16.9 Å². The molecule has 0 bridgehead atoms. The van der Waals surface area contributed by atoms with E-state index in [9.17, 15) is 18.0 Å². The quantitative estimate of drug-likeness (QED) is 0.555.